The summed E-state index contributed by atoms with van der Waals surface area (Å²) in [6, 6.07) is 16.2. The molecule has 0 amide bonds. The summed E-state index contributed by atoms with van der Waals surface area (Å²) in [5, 5.41) is 0. The van der Waals surface area contributed by atoms with Crippen LogP contribution in [0, 0.1) is 0 Å². The van der Waals surface area contributed by atoms with Gasteiger partial charge in [-0.25, -0.2) is 4.57 Å². The van der Waals surface area contributed by atoms with Gasteiger partial charge >= 0.3 is 7.82 Å². The molecule has 0 radical (unpaired) electrons. The van der Waals surface area contributed by atoms with E-state index in [2.05, 4.69) is 28.8 Å². The van der Waals surface area contributed by atoms with Crippen molar-refractivity contribution in [1.29, 1.82) is 0 Å². The third-order valence-corrected chi connectivity index (χ3v) is 5.79. The van der Waals surface area contributed by atoms with E-state index in [1.165, 1.54) is 5.56 Å². The number of rotatable bonds is 14. The number of methoxy groups -OCH3 is 1. The van der Waals surface area contributed by atoms with Crippen LogP contribution < -0.4 is 15.2 Å². The van der Waals surface area contributed by atoms with Crippen LogP contribution in [0.15, 0.2) is 48.5 Å². The molecule has 31 heavy (non-hydrogen) atoms. The molecule has 2 rings (SSSR count). The summed E-state index contributed by atoms with van der Waals surface area (Å²) in [5.41, 5.74) is 7.79. The van der Waals surface area contributed by atoms with Gasteiger partial charge in [0.05, 0.1) is 20.3 Å². The molecule has 4 N–H and O–H groups in total. The van der Waals surface area contributed by atoms with Gasteiger partial charge in [0.25, 0.3) is 0 Å². The molecule has 8 heteroatoms. The molecule has 0 aliphatic rings. The molecule has 7 nitrogen and oxygen atoms in total. The number of hydrogen-bond donors (Lipinski definition) is 3. The Bertz CT molecular complexity index is 841. The van der Waals surface area contributed by atoms with E-state index in [0.717, 1.165) is 24.8 Å². The molecule has 2 aromatic carbocycles. The van der Waals surface area contributed by atoms with Crippen molar-refractivity contribution in [3.63, 3.8) is 0 Å². The standard InChI is InChI=1S/C23H34NO6P/c1-3-23(24,18-30-31(25,26)27)15-14-20-12-13-21(22(17-20)28-2)29-16-8-7-11-19-9-5-4-6-10-19/h4-6,9-10,12-13,17H,3,7-8,11,14-16,18,24H2,1-2H3,(H2,25,26,27)/t23-/m1/s1. The van der Waals surface area contributed by atoms with Crippen molar-refractivity contribution >= 4 is 7.82 Å². The van der Waals surface area contributed by atoms with Crippen LogP contribution in [-0.4, -0.2) is 35.6 Å². The van der Waals surface area contributed by atoms with Gasteiger partial charge in [0.15, 0.2) is 11.5 Å². The lowest BCUT2D eigenvalue weighted by Gasteiger charge is -2.28. The molecule has 0 aliphatic carbocycles. The van der Waals surface area contributed by atoms with Crippen LogP contribution in [0.2, 0.25) is 0 Å². The van der Waals surface area contributed by atoms with Gasteiger partial charge in [0.1, 0.15) is 0 Å². The van der Waals surface area contributed by atoms with Crippen LogP contribution in [0.3, 0.4) is 0 Å². The van der Waals surface area contributed by atoms with Crippen molar-refractivity contribution in [2.75, 3.05) is 20.3 Å². The zero-order valence-corrected chi connectivity index (χ0v) is 19.2. The predicted molar refractivity (Wildman–Crippen MR) is 121 cm³/mol. The Balaban J connectivity index is 1.83. The van der Waals surface area contributed by atoms with Gasteiger partial charge in [-0.05, 0) is 61.8 Å². The fourth-order valence-electron chi connectivity index (χ4n) is 3.20. The zero-order chi connectivity index (χ0) is 22.7. The highest BCUT2D eigenvalue weighted by molar-refractivity contribution is 7.46. The lowest BCUT2D eigenvalue weighted by atomic mass is 9.90. The highest BCUT2D eigenvalue weighted by Gasteiger charge is 2.27. The quantitative estimate of drug-likeness (QED) is 0.291. The minimum atomic E-state index is -4.54. The van der Waals surface area contributed by atoms with Crippen LogP contribution in [0.4, 0.5) is 0 Å². The molecule has 0 aliphatic heterocycles. The van der Waals surface area contributed by atoms with E-state index in [1.54, 1.807) is 7.11 Å². The summed E-state index contributed by atoms with van der Waals surface area (Å²) in [6.07, 6.45) is 4.72. The average Bonchev–Trinajstić information content (AvgIpc) is 2.76. The number of aryl methyl sites for hydroxylation is 2. The van der Waals surface area contributed by atoms with E-state index in [0.29, 0.717) is 37.4 Å². The second-order valence-corrected chi connectivity index (χ2v) is 9.00. The first kappa shape index (κ1) is 25.4. The van der Waals surface area contributed by atoms with E-state index >= 15 is 0 Å². The zero-order valence-electron chi connectivity index (χ0n) is 18.3. The van der Waals surface area contributed by atoms with Crippen molar-refractivity contribution < 1.29 is 28.3 Å². The molecule has 0 bridgehead atoms. The van der Waals surface area contributed by atoms with Crippen LogP contribution >= 0.6 is 7.82 Å². The van der Waals surface area contributed by atoms with Crippen LogP contribution in [0.1, 0.15) is 43.7 Å². The van der Waals surface area contributed by atoms with E-state index in [-0.39, 0.29) is 6.61 Å². The van der Waals surface area contributed by atoms with E-state index in [1.807, 2.05) is 31.2 Å². The van der Waals surface area contributed by atoms with Crippen molar-refractivity contribution in [2.45, 2.75) is 51.0 Å². The van der Waals surface area contributed by atoms with Crippen molar-refractivity contribution in [3.05, 3.63) is 59.7 Å². The topological polar surface area (TPSA) is 111 Å². The molecule has 0 saturated heterocycles. The van der Waals surface area contributed by atoms with Gasteiger partial charge in [-0.1, -0.05) is 43.3 Å². The summed E-state index contributed by atoms with van der Waals surface area (Å²) in [4.78, 5) is 17.9. The highest BCUT2D eigenvalue weighted by atomic mass is 31.2. The molecule has 0 saturated carbocycles. The number of nitrogens with two attached hydrogens (primary N) is 1. The van der Waals surface area contributed by atoms with Gasteiger partial charge < -0.3 is 25.0 Å². The third-order valence-electron chi connectivity index (χ3n) is 5.32. The summed E-state index contributed by atoms with van der Waals surface area (Å²) < 4.78 is 27.0. The molecule has 2 aromatic rings. The number of ether oxygens (including phenoxy) is 2. The Kier molecular flexibility index (Phi) is 10.0. The fraction of sp³-hybridized carbons (Fsp3) is 0.478. The Hall–Kier alpha value is -1.89. The van der Waals surface area contributed by atoms with Gasteiger partial charge in [0, 0.05) is 5.54 Å². The van der Waals surface area contributed by atoms with Crippen molar-refractivity contribution in [1.82, 2.24) is 0 Å². The minimum Gasteiger partial charge on any atom is -0.493 e. The smallest absolute Gasteiger partial charge is 0.469 e. The molecule has 0 aromatic heterocycles. The molecule has 0 unspecified atom stereocenters. The molecule has 0 heterocycles. The second kappa shape index (κ2) is 12.2. The summed E-state index contributed by atoms with van der Waals surface area (Å²) in [6.45, 7) is 2.29. The SMILES string of the molecule is CC[C@@](N)(CCc1ccc(OCCCCc2ccccc2)c(OC)c1)COP(=O)(O)O. The number of phosphoric ester groups is 1. The maximum atomic E-state index is 11.0. The van der Waals surface area contributed by atoms with Crippen molar-refractivity contribution in [2.24, 2.45) is 5.73 Å². The van der Waals surface area contributed by atoms with Gasteiger partial charge in [-0.3, -0.25) is 4.52 Å². The molecule has 172 valence electrons. The Morgan fingerprint density at radius 2 is 1.74 bits per heavy atom. The van der Waals surface area contributed by atoms with E-state index < -0.39 is 13.4 Å². The molecule has 0 spiro atoms. The molecular formula is C23H34NO6P. The normalized spacial score (nSPS) is 13.6. The fourth-order valence-corrected chi connectivity index (χ4v) is 3.63. The number of hydrogen-bond acceptors (Lipinski definition) is 5. The average molecular weight is 452 g/mol. The van der Waals surface area contributed by atoms with Gasteiger partial charge in [-0.2, -0.15) is 0 Å². The van der Waals surface area contributed by atoms with E-state index in [9.17, 15) is 4.57 Å². The maximum absolute atomic E-state index is 11.0. The molecule has 1 atom stereocenters. The second-order valence-electron chi connectivity index (χ2n) is 7.76. The number of benzene rings is 2. The number of unbranched alkanes of at least 4 members (excludes halogenated alkanes) is 1. The third kappa shape index (κ3) is 9.42. The first-order valence-electron chi connectivity index (χ1n) is 10.6. The summed E-state index contributed by atoms with van der Waals surface area (Å²) >= 11 is 0. The Morgan fingerprint density at radius 1 is 1.00 bits per heavy atom. The molecule has 0 fully saturated rings. The first-order chi connectivity index (χ1) is 14.7. The maximum Gasteiger partial charge on any atom is 0.469 e. The van der Waals surface area contributed by atoms with Crippen LogP contribution in [-0.2, 0) is 21.9 Å². The lowest BCUT2D eigenvalue weighted by Crippen LogP contribution is -2.44. The van der Waals surface area contributed by atoms with Gasteiger partial charge in [0.2, 0.25) is 0 Å². The van der Waals surface area contributed by atoms with Crippen LogP contribution in [0.5, 0.6) is 11.5 Å². The Morgan fingerprint density at radius 3 is 2.39 bits per heavy atom. The predicted octanol–water partition coefficient (Wildman–Crippen LogP) is 4.25. The van der Waals surface area contributed by atoms with Gasteiger partial charge in [-0.15, -0.1) is 0 Å². The number of phosphoric acid groups is 1. The summed E-state index contributed by atoms with van der Waals surface area (Å²) in [7, 11) is -2.93. The first-order valence-corrected chi connectivity index (χ1v) is 12.1. The molecular weight excluding hydrogens is 417 g/mol. The minimum absolute atomic E-state index is 0.199. The monoisotopic (exact) mass is 451 g/mol. The Labute approximate surface area is 184 Å². The summed E-state index contributed by atoms with van der Waals surface area (Å²) in [5.74, 6) is 1.36. The van der Waals surface area contributed by atoms with Crippen LogP contribution in [0.25, 0.3) is 0 Å². The largest absolute Gasteiger partial charge is 0.493 e. The van der Waals surface area contributed by atoms with Crippen molar-refractivity contribution in [3.8, 4) is 11.5 Å². The highest BCUT2D eigenvalue weighted by Crippen LogP contribution is 2.37. The van der Waals surface area contributed by atoms with E-state index in [4.69, 9.17) is 25.0 Å². The lowest BCUT2D eigenvalue weighted by molar-refractivity contribution is 0.144.